The third-order valence-electron chi connectivity index (χ3n) is 4.43. The van der Waals surface area contributed by atoms with Crippen molar-refractivity contribution in [3.63, 3.8) is 0 Å². The quantitative estimate of drug-likeness (QED) is 0.718. The van der Waals surface area contributed by atoms with Crippen molar-refractivity contribution in [2.24, 2.45) is 0 Å². The van der Waals surface area contributed by atoms with Gasteiger partial charge in [0.15, 0.2) is 0 Å². The molecule has 1 amide bonds. The standard InChI is InChI=1S/C18H16FN5O2S/c1-8-15-13(23-17(20)21-8)6-12(22-16(15)25)11-5-9(19)3-4-10(11)14-7-27-18(24-14)26-2/h3-5,7,12H,6H2,1-2H3,(H,22,25)(H2,20,21,23)/t12-/m1/s1. The highest BCUT2D eigenvalue weighted by atomic mass is 32.1. The molecule has 1 aliphatic heterocycles. The number of nitrogens with one attached hydrogen (secondary N) is 1. The molecule has 1 aliphatic rings. The number of fused-ring (bicyclic) bond motifs is 1. The van der Waals surface area contributed by atoms with Crippen molar-refractivity contribution in [2.45, 2.75) is 19.4 Å². The third kappa shape index (κ3) is 3.10. The van der Waals surface area contributed by atoms with Gasteiger partial charge in [0, 0.05) is 17.4 Å². The minimum atomic E-state index is -0.461. The number of nitrogen functional groups attached to an aromatic ring is 1. The number of thiazole rings is 1. The van der Waals surface area contributed by atoms with E-state index >= 15 is 0 Å². The summed E-state index contributed by atoms with van der Waals surface area (Å²) in [5.74, 6) is -0.581. The van der Waals surface area contributed by atoms with E-state index in [2.05, 4.69) is 20.3 Å². The fourth-order valence-electron chi connectivity index (χ4n) is 3.29. The van der Waals surface area contributed by atoms with E-state index in [-0.39, 0.29) is 11.9 Å². The maximum atomic E-state index is 14.0. The largest absolute Gasteiger partial charge is 0.473 e. The number of aryl methyl sites for hydroxylation is 1. The first-order valence-corrected chi connectivity index (χ1v) is 9.07. The fourth-order valence-corrected chi connectivity index (χ4v) is 3.93. The van der Waals surface area contributed by atoms with Crippen molar-refractivity contribution in [1.29, 1.82) is 0 Å². The number of rotatable bonds is 3. The van der Waals surface area contributed by atoms with E-state index in [9.17, 15) is 9.18 Å². The Kier molecular flexibility index (Phi) is 4.23. The molecule has 4 rings (SSSR count). The lowest BCUT2D eigenvalue weighted by Crippen LogP contribution is -2.37. The number of carbonyl (C=O) groups is 1. The molecule has 0 fully saturated rings. The molecule has 7 nitrogen and oxygen atoms in total. The first-order valence-electron chi connectivity index (χ1n) is 8.19. The van der Waals surface area contributed by atoms with Gasteiger partial charge < -0.3 is 15.8 Å². The predicted octanol–water partition coefficient (Wildman–Crippen LogP) is 2.67. The molecular formula is C18H16FN5O2S. The molecule has 0 bridgehead atoms. The summed E-state index contributed by atoms with van der Waals surface area (Å²) in [6.45, 7) is 1.71. The number of methoxy groups -OCH3 is 1. The van der Waals surface area contributed by atoms with Crippen LogP contribution >= 0.6 is 11.3 Å². The molecule has 0 unspecified atom stereocenters. The van der Waals surface area contributed by atoms with Gasteiger partial charge in [-0.2, -0.15) is 0 Å². The van der Waals surface area contributed by atoms with Crippen LogP contribution in [0.15, 0.2) is 23.6 Å². The van der Waals surface area contributed by atoms with Crippen LogP contribution < -0.4 is 15.8 Å². The number of anilines is 1. The number of carbonyl (C=O) groups excluding carboxylic acids is 1. The Hall–Kier alpha value is -3.07. The van der Waals surface area contributed by atoms with Crippen LogP contribution in [0.2, 0.25) is 0 Å². The Morgan fingerprint density at radius 1 is 1.33 bits per heavy atom. The third-order valence-corrected chi connectivity index (χ3v) is 5.24. The molecule has 27 heavy (non-hydrogen) atoms. The van der Waals surface area contributed by atoms with Gasteiger partial charge in [0.05, 0.1) is 35.8 Å². The van der Waals surface area contributed by atoms with Gasteiger partial charge in [-0.3, -0.25) is 4.79 Å². The molecule has 0 saturated heterocycles. The molecule has 138 valence electrons. The maximum Gasteiger partial charge on any atom is 0.273 e. The number of hydrogen-bond donors (Lipinski definition) is 2. The van der Waals surface area contributed by atoms with Crippen LogP contribution in [0.3, 0.4) is 0 Å². The van der Waals surface area contributed by atoms with E-state index < -0.39 is 11.9 Å². The van der Waals surface area contributed by atoms with E-state index in [0.717, 1.165) is 5.56 Å². The molecule has 3 N–H and O–H groups in total. The Labute approximate surface area is 158 Å². The molecule has 3 heterocycles. The van der Waals surface area contributed by atoms with Crippen LogP contribution in [0.5, 0.6) is 5.19 Å². The monoisotopic (exact) mass is 385 g/mol. The number of amides is 1. The van der Waals surface area contributed by atoms with E-state index in [1.54, 1.807) is 20.1 Å². The molecule has 0 spiro atoms. The van der Waals surface area contributed by atoms with Gasteiger partial charge in [-0.25, -0.2) is 19.3 Å². The zero-order chi connectivity index (χ0) is 19.1. The lowest BCUT2D eigenvalue weighted by atomic mass is 9.90. The highest BCUT2D eigenvalue weighted by molar-refractivity contribution is 7.11. The average Bonchev–Trinajstić information content (AvgIpc) is 3.09. The highest BCUT2D eigenvalue weighted by Gasteiger charge is 2.31. The first kappa shape index (κ1) is 17.3. The molecule has 0 radical (unpaired) electrons. The van der Waals surface area contributed by atoms with E-state index in [1.165, 1.54) is 23.5 Å². The fraction of sp³-hybridized carbons (Fsp3) is 0.222. The number of nitrogens with two attached hydrogens (primary N) is 1. The number of aromatic nitrogens is 3. The Morgan fingerprint density at radius 2 is 2.15 bits per heavy atom. The van der Waals surface area contributed by atoms with Crippen LogP contribution in [0.1, 0.15) is 33.4 Å². The summed E-state index contributed by atoms with van der Waals surface area (Å²) in [6, 6.07) is 3.97. The number of halogens is 1. The number of ether oxygens (including phenoxy) is 1. The lowest BCUT2D eigenvalue weighted by molar-refractivity contribution is 0.0922. The molecule has 1 aromatic carbocycles. The number of benzene rings is 1. The Balaban J connectivity index is 1.80. The number of nitrogens with zero attached hydrogens (tertiary/aromatic N) is 3. The topological polar surface area (TPSA) is 103 Å². The van der Waals surface area contributed by atoms with Crippen LogP contribution in [-0.2, 0) is 6.42 Å². The van der Waals surface area contributed by atoms with E-state index in [0.29, 0.717) is 39.8 Å². The molecule has 3 aromatic rings. The lowest BCUT2D eigenvalue weighted by Gasteiger charge is -2.27. The van der Waals surface area contributed by atoms with Crippen molar-refractivity contribution in [1.82, 2.24) is 20.3 Å². The summed E-state index contributed by atoms with van der Waals surface area (Å²) >= 11 is 1.35. The normalized spacial score (nSPS) is 16.0. The molecule has 9 heteroatoms. The highest BCUT2D eigenvalue weighted by Crippen LogP contribution is 2.35. The van der Waals surface area contributed by atoms with Gasteiger partial charge in [0.1, 0.15) is 5.82 Å². The maximum absolute atomic E-state index is 14.0. The minimum absolute atomic E-state index is 0.114. The van der Waals surface area contributed by atoms with Crippen molar-refractivity contribution in [2.75, 3.05) is 12.8 Å². The summed E-state index contributed by atoms with van der Waals surface area (Å²) in [6.07, 6.45) is 0.381. The molecule has 0 saturated carbocycles. The summed E-state index contributed by atoms with van der Waals surface area (Å²) in [7, 11) is 1.54. The predicted molar refractivity (Wildman–Crippen MR) is 99.2 cm³/mol. The number of hydrogen-bond acceptors (Lipinski definition) is 7. The Bertz CT molecular complexity index is 1050. The SMILES string of the molecule is COc1nc(-c2ccc(F)cc2[C@H]2Cc3nc(N)nc(C)c3C(=O)N2)cs1. The summed E-state index contributed by atoms with van der Waals surface area (Å²) in [5.41, 5.74) is 9.25. The average molecular weight is 385 g/mol. The second-order valence-electron chi connectivity index (χ2n) is 6.15. The van der Waals surface area contributed by atoms with Crippen LogP contribution in [0.25, 0.3) is 11.3 Å². The summed E-state index contributed by atoms with van der Waals surface area (Å²) in [5, 5.41) is 5.27. The van der Waals surface area contributed by atoms with Crippen LogP contribution in [0, 0.1) is 12.7 Å². The second kappa shape index (κ2) is 6.58. The van der Waals surface area contributed by atoms with Gasteiger partial charge in [-0.15, -0.1) is 0 Å². The van der Waals surface area contributed by atoms with E-state index in [1.807, 2.05) is 5.38 Å². The van der Waals surface area contributed by atoms with Gasteiger partial charge in [-0.05, 0) is 30.7 Å². The van der Waals surface area contributed by atoms with Gasteiger partial charge in [0.25, 0.3) is 11.1 Å². The zero-order valence-corrected chi connectivity index (χ0v) is 15.4. The molecule has 0 aliphatic carbocycles. The van der Waals surface area contributed by atoms with Gasteiger partial charge in [0.2, 0.25) is 5.95 Å². The van der Waals surface area contributed by atoms with Crippen molar-refractivity contribution in [3.8, 4) is 16.5 Å². The van der Waals surface area contributed by atoms with Gasteiger partial charge in [-0.1, -0.05) is 11.3 Å². The molecule has 1 atom stereocenters. The minimum Gasteiger partial charge on any atom is -0.473 e. The summed E-state index contributed by atoms with van der Waals surface area (Å²) in [4.78, 5) is 25.3. The first-order chi connectivity index (χ1) is 13.0. The van der Waals surface area contributed by atoms with Crippen LogP contribution in [0.4, 0.5) is 10.3 Å². The van der Waals surface area contributed by atoms with Crippen molar-refractivity contribution in [3.05, 3.63) is 51.9 Å². The zero-order valence-electron chi connectivity index (χ0n) is 14.6. The smallest absolute Gasteiger partial charge is 0.273 e. The van der Waals surface area contributed by atoms with Crippen molar-refractivity contribution < 1.29 is 13.9 Å². The summed E-state index contributed by atoms with van der Waals surface area (Å²) < 4.78 is 19.2. The van der Waals surface area contributed by atoms with Crippen molar-refractivity contribution >= 4 is 23.2 Å². The molecule has 2 aromatic heterocycles. The Morgan fingerprint density at radius 3 is 2.89 bits per heavy atom. The molecular weight excluding hydrogens is 369 g/mol. The second-order valence-corrected chi connectivity index (χ2v) is 6.97. The van der Waals surface area contributed by atoms with Gasteiger partial charge >= 0.3 is 0 Å². The van der Waals surface area contributed by atoms with E-state index in [4.69, 9.17) is 10.5 Å². The van der Waals surface area contributed by atoms with Crippen LogP contribution in [-0.4, -0.2) is 28.0 Å².